The minimum absolute atomic E-state index is 0.871. The van der Waals surface area contributed by atoms with Gasteiger partial charge in [-0.15, -0.1) is 0 Å². The van der Waals surface area contributed by atoms with Crippen LogP contribution in [0.1, 0.15) is 19.7 Å². The monoisotopic (exact) mass is 193 g/mol. The van der Waals surface area contributed by atoms with Gasteiger partial charge in [-0.1, -0.05) is 20.4 Å². The highest BCUT2D eigenvalue weighted by Gasteiger charge is 2.01. The van der Waals surface area contributed by atoms with Crippen LogP contribution in [0.2, 0.25) is 0 Å². The first-order chi connectivity index (χ1) is 6.77. The van der Waals surface area contributed by atoms with Crippen LogP contribution in [0.3, 0.4) is 0 Å². The van der Waals surface area contributed by atoms with E-state index in [2.05, 4.69) is 35.3 Å². The lowest BCUT2D eigenvalue weighted by molar-refractivity contribution is 0.677. The SMILES string of the molecule is C=C(CNCC)Cn1ccnc1CC. The molecule has 14 heavy (non-hydrogen) atoms. The Morgan fingerprint density at radius 1 is 1.57 bits per heavy atom. The Morgan fingerprint density at radius 3 is 3.00 bits per heavy atom. The summed E-state index contributed by atoms with van der Waals surface area (Å²) in [5, 5.41) is 3.26. The molecule has 3 nitrogen and oxygen atoms in total. The number of hydrogen-bond donors (Lipinski definition) is 1. The number of hydrogen-bond acceptors (Lipinski definition) is 2. The number of rotatable bonds is 6. The Balaban J connectivity index is 2.47. The summed E-state index contributed by atoms with van der Waals surface area (Å²) < 4.78 is 2.15. The van der Waals surface area contributed by atoms with Gasteiger partial charge in [0.25, 0.3) is 0 Å². The van der Waals surface area contributed by atoms with E-state index < -0.39 is 0 Å². The van der Waals surface area contributed by atoms with E-state index in [-0.39, 0.29) is 0 Å². The van der Waals surface area contributed by atoms with Gasteiger partial charge in [-0.05, 0) is 12.1 Å². The number of nitrogens with zero attached hydrogens (tertiary/aromatic N) is 2. The molecule has 0 radical (unpaired) electrons. The summed E-state index contributed by atoms with van der Waals surface area (Å²) in [5.41, 5.74) is 1.19. The van der Waals surface area contributed by atoms with Gasteiger partial charge < -0.3 is 9.88 Å². The van der Waals surface area contributed by atoms with Crippen LogP contribution in [0.25, 0.3) is 0 Å². The lowest BCUT2D eigenvalue weighted by Gasteiger charge is -2.09. The van der Waals surface area contributed by atoms with Crippen molar-refractivity contribution >= 4 is 0 Å². The Kier molecular flexibility index (Phi) is 4.40. The van der Waals surface area contributed by atoms with E-state index in [0.717, 1.165) is 31.9 Å². The Hall–Kier alpha value is -1.09. The molecule has 0 atom stereocenters. The van der Waals surface area contributed by atoms with Crippen LogP contribution in [0.5, 0.6) is 0 Å². The summed E-state index contributed by atoms with van der Waals surface area (Å²) in [5.74, 6) is 1.13. The molecule has 0 fully saturated rings. The third-order valence-electron chi connectivity index (χ3n) is 2.14. The molecule has 0 aliphatic rings. The Morgan fingerprint density at radius 2 is 2.36 bits per heavy atom. The highest BCUT2D eigenvalue weighted by atomic mass is 15.1. The zero-order valence-corrected chi connectivity index (χ0v) is 9.08. The number of nitrogens with one attached hydrogen (secondary N) is 1. The van der Waals surface area contributed by atoms with Crippen molar-refractivity contribution in [3.8, 4) is 0 Å². The molecule has 0 aliphatic carbocycles. The molecule has 1 aromatic rings. The van der Waals surface area contributed by atoms with E-state index in [1.807, 2.05) is 12.4 Å². The minimum atomic E-state index is 0.871. The van der Waals surface area contributed by atoms with Gasteiger partial charge in [-0.2, -0.15) is 0 Å². The maximum Gasteiger partial charge on any atom is 0.108 e. The zero-order valence-electron chi connectivity index (χ0n) is 9.08. The molecule has 0 spiro atoms. The fraction of sp³-hybridized carbons (Fsp3) is 0.545. The zero-order chi connectivity index (χ0) is 10.4. The molecule has 0 unspecified atom stereocenters. The second-order valence-electron chi connectivity index (χ2n) is 3.36. The molecule has 1 N–H and O–H groups in total. The largest absolute Gasteiger partial charge is 0.331 e. The average molecular weight is 193 g/mol. The van der Waals surface area contributed by atoms with Crippen molar-refractivity contribution in [2.45, 2.75) is 26.8 Å². The molecule has 1 heterocycles. The van der Waals surface area contributed by atoms with E-state index in [0.29, 0.717) is 0 Å². The van der Waals surface area contributed by atoms with Crippen molar-refractivity contribution in [2.75, 3.05) is 13.1 Å². The van der Waals surface area contributed by atoms with Crippen LogP contribution < -0.4 is 5.32 Å². The van der Waals surface area contributed by atoms with Gasteiger partial charge in [0.15, 0.2) is 0 Å². The van der Waals surface area contributed by atoms with Gasteiger partial charge in [0.2, 0.25) is 0 Å². The van der Waals surface area contributed by atoms with Gasteiger partial charge >= 0.3 is 0 Å². The lowest BCUT2D eigenvalue weighted by atomic mass is 10.3. The topological polar surface area (TPSA) is 29.9 Å². The first kappa shape index (κ1) is 11.0. The third-order valence-corrected chi connectivity index (χ3v) is 2.14. The molecular formula is C11H19N3. The average Bonchev–Trinajstić information content (AvgIpc) is 2.62. The molecule has 0 aliphatic heterocycles. The lowest BCUT2D eigenvalue weighted by Crippen LogP contribution is -2.18. The highest BCUT2D eigenvalue weighted by Crippen LogP contribution is 2.02. The van der Waals surface area contributed by atoms with Crippen LogP contribution in [0.4, 0.5) is 0 Å². The first-order valence-corrected chi connectivity index (χ1v) is 5.15. The van der Waals surface area contributed by atoms with E-state index in [1.54, 1.807) is 0 Å². The highest BCUT2D eigenvalue weighted by molar-refractivity contribution is 5.02. The van der Waals surface area contributed by atoms with Crippen LogP contribution in [-0.2, 0) is 13.0 Å². The number of aromatic nitrogens is 2. The van der Waals surface area contributed by atoms with E-state index in [1.165, 1.54) is 5.57 Å². The van der Waals surface area contributed by atoms with Crippen LogP contribution in [0, 0.1) is 0 Å². The summed E-state index contributed by atoms with van der Waals surface area (Å²) in [4.78, 5) is 4.27. The van der Waals surface area contributed by atoms with Gasteiger partial charge in [0.1, 0.15) is 5.82 Å². The fourth-order valence-corrected chi connectivity index (χ4v) is 1.40. The molecule has 0 amide bonds. The van der Waals surface area contributed by atoms with Gasteiger partial charge in [-0.3, -0.25) is 0 Å². The summed E-state index contributed by atoms with van der Waals surface area (Å²) in [6, 6.07) is 0. The molecule has 3 heteroatoms. The molecule has 0 bridgehead atoms. The minimum Gasteiger partial charge on any atom is -0.331 e. The van der Waals surface area contributed by atoms with Crippen molar-refractivity contribution in [2.24, 2.45) is 0 Å². The quantitative estimate of drug-likeness (QED) is 0.696. The van der Waals surface area contributed by atoms with Crippen LogP contribution in [0.15, 0.2) is 24.5 Å². The van der Waals surface area contributed by atoms with E-state index >= 15 is 0 Å². The normalized spacial score (nSPS) is 10.4. The summed E-state index contributed by atoms with van der Waals surface area (Å²) in [6.07, 6.45) is 4.83. The molecule has 78 valence electrons. The maximum absolute atomic E-state index is 4.27. The van der Waals surface area contributed by atoms with Crippen molar-refractivity contribution in [3.63, 3.8) is 0 Å². The Labute approximate surface area is 85.8 Å². The standard InChI is InChI=1S/C11H19N3/c1-4-11-13-6-7-14(11)9-10(3)8-12-5-2/h6-7,12H,3-5,8-9H2,1-2H3. The smallest absolute Gasteiger partial charge is 0.108 e. The van der Waals surface area contributed by atoms with Crippen LogP contribution in [-0.4, -0.2) is 22.6 Å². The van der Waals surface area contributed by atoms with Crippen molar-refractivity contribution in [1.29, 1.82) is 0 Å². The number of aryl methyl sites for hydroxylation is 1. The molecule has 1 rings (SSSR count). The predicted molar refractivity (Wildman–Crippen MR) is 59.3 cm³/mol. The fourth-order valence-electron chi connectivity index (χ4n) is 1.40. The second kappa shape index (κ2) is 5.60. The third kappa shape index (κ3) is 3.00. The number of likely N-dealkylation sites (N-methyl/N-ethyl adjacent to an activating group) is 1. The van der Waals surface area contributed by atoms with Gasteiger partial charge in [-0.25, -0.2) is 4.98 Å². The summed E-state index contributed by atoms with van der Waals surface area (Å²) >= 11 is 0. The maximum atomic E-state index is 4.27. The molecular weight excluding hydrogens is 174 g/mol. The molecule has 0 aromatic carbocycles. The van der Waals surface area contributed by atoms with E-state index in [4.69, 9.17) is 0 Å². The summed E-state index contributed by atoms with van der Waals surface area (Å²) in [6.45, 7) is 11.0. The second-order valence-corrected chi connectivity index (χ2v) is 3.36. The number of imidazole rings is 1. The first-order valence-electron chi connectivity index (χ1n) is 5.15. The predicted octanol–water partition coefficient (Wildman–Crippen LogP) is 1.61. The molecule has 0 saturated heterocycles. The van der Waals surface area contributed by atoms with Gasteiger partial charge in [0.05, 0.1) is 0 Å². The van der Waals surface area contributed by atoms with Crippen molar-refractivity contribution < 1.29 is 0 Å². The van der Waals surface area contributed by atoms with E-state index in [9.17, 15) is 0 Å². The van der Waals surface area contributed by atoms with Gasteiger partial charge in [0, 0.05) is 31.9 Å². The van der Waals surface area contributed by atoms with Crippen molar-refractivity contribution in [3.05, 3.63) is 30.4 Å². The Bertz CT molecular complexity index is 288. The molecule has 1 aromatic heterocycles. The molecule has 0 saturated carbocycles. The summed E-state index contributed by atoms with van der Waals surface area (Å²) in [7, 11) is 0. The van der Waals surface area contributed by atoms with Crippen molar-refractivity contribution in [1.82, 2.24) is 14.9 Å². The van der Waals surface area contributed by atoms with Crippen LogP contribution >= 0.6 is 0 Å².